The molecule has 1 saturated carbocycles. The molecular weight excluding hydrogens is 246 g/mol. The molecule has 2 rings (SSSR count). The number of hydrogen-bond donors (Lipinski definition) is 1. The smallest absolute Gasteiger partial charge is 0.119 e. The van der Waals surface area contributed by atoms with E-state index >= 15 is 0 Å². The molecule has 0 saturated heterocycles. The van der Waals surface area contributed by atoms with Gasteiger partial charge in [0.05, 0.1) is 6.61 Å². The molecule has 0 radical (unpaired) electrons. The van der Waals surface area contributed by atoms with Crippen molar-refractivity contribution in [3.63, 3.8) is 0 Å². The highest BCUT2D eigenvalue weighted by molar-refractivity contribution is 5.20. The molecule has 1 N–H and O–H groups in total. The average Bonchev–Trinajstić information content (AvgIpc) is 2.50. The summed E-state index contributed by atoms with van der Waals surface area (Å²) in [6, 6.07) is 10.8. The highest BCUT2D eigenvalue weighted by atomic mass is 16.5. The van der Waals surface area contributed by atoms with Crippen molar-refractivity contribution in [2.75, 3.05) is 13.2 Å². The van der Waals surface area contributed by atoms with Crippen molar-refractivity contribution in [2.24, 2.45) is 5.92 Å². The van der Waals surface area contributed by atoms with E-state index in [1.165, 1.54) is 38.5 Å². The highest BCUT2D eigenvalue weighted by Crippen LogP contribution is 2.27. The highest BCUT2D eigenvalue weighted by Gasteiger charge is 2.19. The van der Waals surface area contributed by atoms with E-state index in [9.17, 15) is 0 Å². The Morgan fingerprint density at radius 1 is 1.10 bits per heavy atom. The number of benzene rings is 1. The van der Waals surface area contributed by atoms with Crippen LogP contribution < -0.4 is 10.1 Å². The maximum Gasteiger partial charge on any atom is 0.119 e. The van der Waals surface area contributed by atoms with E-state index < -0.39 is 0 Å². The van der Waals surface area contributed by atoms with E-state index in [0.29, 0.717) is 0 Å². The summed E-state index contributed by atoms with van der Waals surface area (Å²) < 4.78 is 5.70. The lowest BCUT2D eigenvalue weighted by molar-refractivity contribution is 0.266. The molecule has 2 heteroatoms. The van der Waals surface area contributed by atoms with Crippen LogP contribution in [0.3, 0.4) is 0 Å². The third-order valence-corrected chi connectivity index (χ3v) is 4.31. The van der Waals surface area contributed by atoms with Gasteiger partial charge in [0.2, 0.25) is 0 Å². The molecule has 0 amide bonds. The molecule has 0 unspecified atom stereocenters. The summed E-state index contributed by atoms with van der Waals surface area (Å²) in [7, 11) is 0. The SMILES string of the molecule is CCCC1CCC(NCCCOc2ccccc2)CC1. The Hall–Kier alpha value is -1.02. The fourth-order valence-electron chi connectivity index (χ4n) is 3.15. The van der Waals surface area contributed by atoms with Crippen molar-refractivity contribution in [3.05, 3.63) is 30.3 Å². The van der Waals surface area contributed by atoms with E-state index in [4.69, 9.17) is 4.74 Å². The second-order valence-electron chi connectivity index (χ2n) is 5.98. The molecule has 0 heterocycles. The molecule has 20 heavy (non-hydrogen) atoms. The van der Waals surface area contributed by atoms with Gasteiger partial charge in [0, 0.05) is 6.04 Å². The second kappa shape index (κ2) is 9.02. The van der Waals surface area contributed by atoms with Crippen LogP contribution in [0, 0.1) is 5.92 Å². The Morgan fingerprint density at radius 2 is 1.85 bits per heavy atom. The largest absolute Gasteiger partial charge is 0.494 e. The number of rotatable bonds is 8. The molecule has 0 atom stereocenters. The van der Waals surface area contributed by atoms with Crippen LogP contribution in [0.25, 0.3) is 0 Å². The summed E-state index contributed by atoms with van der Waals surface area (Å²) in [5, 5.41) is 3.69. The molecule has 112 valence electrons. The van der Waals surface area contributed by atoms with Crippen molar-refractivity contribution in [3.8, 4) is 5.75 Å². The van der Waals surface area contributed by atoms with Gasteiger partial charge in [0.15, 0.2) is 0 Å². The molecule has 2 nitrogen and oxygen atoms in total. The summed E-state index contributed by atoms with van der Waals surface area (Å²) >= 11 is 0. The Labute approximate surface area is 123 Å². The minimum atomic E-state index is 0.750. The summed E-state index contributed by atoms with van der Waals surface area (Å²) in [4.78, 5) is 0. The predicted molar refractivity (Wildman–Crippen MR) is 85.2 cm³/mol. The van der Waals surface area contributed by atoms with Crippen molar-refractivity contribution in [1.29, 1.82) is 0 Å². The third-order valence-electron chi connectivity index (χ3n) is 4.31. The van der Waals surface area contributed by atoms with Crippen LogP contribution in [0.15, 0.2) is 30.3 Å². The summed E-state index contributed by atoms with van der Waals surface area (Å²) in [6.07, 6.45) is 9.44. The van der Waals surface area contributed by atoms with Crippen LogP contribution in [0.5, 0.6) is 5.75 Å². The van der Waals surface area contributed by atoms with Gasteiger partial charge in [0.1, 0.15) is 5.75 Å². The van der Waals surface area contributed by atoms with E-state index in [1.807, 2.05) is 30.3 Å². The first-order valence-electron chi connectivity index (χ1n) is 8.29. The van der Waals surface area contributed by atoms with Crippen LogP contribution in [-0.4, -0.2) is 19.2 Å². The molecule has 1 aromatic carbocycles. The van der Waals surface area contributed by atoms with Crippen LogP contribution in [0.1, 0.15) is 51.9 Å². The molecule has 0 bridgehead atoms. The average molecular weight is 275 g/mol. The first-order valence-corrected chi connectivity index (χ1v) is 8.29. The molecule has 0 aliphatic heterocycles. The zero-order valence-electron chi connectivity index (χ0n) is 12.8. The van der Waals surface area contributed by atoms with Crippen LogP contribution >= 0.6 is 0 Å². The number of para-hydroxylation sites is 1. The summed E-state index contributed by atoms with van der Waals surface area (Å²) in [6.45, 7) is 4.19. The van der Waals surface area contributed by atoms with Crippen molar-refractivity contribution < 1.29 is 4.74 Å². The van der Waals surface area contributed by atoms with Gasteiger partial charge in [-0.15, -0.1) is 0 Å². The standard InChI is InChI=1S/C18H29NO/c1-2-7-16-10-12-17(13-11-16)19-14-6-15-20-18-8-4-3-5-9-18/h3-5,8-9,16-17,19H,2,6-7,10-15H2,1H3. The lowest BCUT2D eigenvalue weighted by Gasteiger charge is -2.29. The first-order chi connectivity index (χ1) is 9.88. The Kier molecular flexibility index (Phi) is 6.93. The summed E-state index contributed by atoms with van der Waals surface area (Å²) in [5.41, 5.74) is 0. The zero-order chi connectivity index (χ0) is 14.0. The molecule has 1 aromatic rings. The fraction of sp³-hybridized carbons (Fsp3) is 0.667. The van der Waals surface area contributed by atoms with Crippen LogP contribution in [0.4, 0.5) is 0 Å². The lowest BCUT2D eigenvalue weighted by Crippen LogP contribution is -2.34. The van der Waals surface area contributed by atoms with Gasteiger partial charge in [0.25, 0.3) is 0 Å². The minimum absolute atomic E-state index is 0.750. The maximum absolute atomic E-state index is 5.70. The maximum atomic E-state index is 5.70. The Morgan fingerprint density at radius 3 is 2.55 bits per heavy atom. The topological polar surface area (TPSA) is 21.3 Å². The zero-order valence-corrected chi connectivity index (χ0v) is 12.8. The summed E-state index contributed by atoms with van der Waals surface area (Å²) in [5.74, 6) is 1.98. The van der Waals surface area contributed by atoms with Crippen molar-refractivity contribution in [2.45, 2.75) is 57.9 Å². The lowest BCUT2D eigenvalue weighted by atomic mass is 9.83. The molecule has 0 aromatic heterocycles. The first kappa shape index (κ1) is 15.4. The number of nitrogens with one attached hydrogen (secondary N) is 1. The van der Waals surface area contributed by atoms with Gasteiger partial charge in [-0.05, 0) is 56.7 Å². The number of hydrogen-bond acceptors (Lipinski definition) is 2. The van der Waals surface area contributed by atoms with Gasteiger partial charge >= 0.3 is 0 Å². The van der Waals surface area contributed by atoms with Gasteiger partial charge in [-0.2, -0.15) is 0 Å². The van der Waals surface area contributed by atoms with Gasteiger partial charge < -0.3 is 10.1 Å². The monoisotopic (exact) mass is 275 g/mol. The molecule has 1 aliphatic carbocycles. The predicted octanol–water partition coefficient (Wildman–Crippen LogP) is 4.40. The molecule has 1 fully saturated rings. The van der Waals surface area contributed by atoms with E-state index in [-0.39, 0.29) is 0 Å². The van der Waals surface area contributed by atoms with E-state index in [0.717, 1.165) is 37.3 Å². The Bertz CT molecular complexity index is 344. The Balaban J connectivity index is 1.50. The molecule has 1 aliphatic rings. The molecule has 0 spiro atoms. The fourth-order valence-corrected chi connectivity index (χ4v) is 3.15. The van der Waals surface area contributed by atoms with Gasteiger partial charge in [-0.25, -0.2) is 0 Å². The number of ether oxygens (including phenoxy) is 1. The second-order valence-corrected chi connectivity index (χ2v) is 5.98. The minimum Gasteiger partial charge on any atom is -0.494 e. The third kappa shape index (κ3) is 5.54. The quantitative estimate of drug-likeness (QED) is 0.710. The van der Waals surface area contributed by atoms with E-state index in [1.54, 1.807) is 0 Å². The van der Waals surface area contributed by atoms with Crippen molar-refractivity contribution in [1.82, 2.24) is 5.32 Å². The normalized spacial score (nSPS) is 22.6. The van der Waals surface area contributed by atoms with Gasteiger partial charge in [-0.1, -0.05) is 38.0 Å². The van der Waals surface area contributed by atoms with Gasteiger partial charge in [-0.3, -0.25) is 0 Å². The van der Waals surface area contributed by atoms with Crippen molar-refractivity contribution >= 4 is 0 Å². The van der Waals surface area contributed by atoms with E-state index in [2.05, 4.69) is 12.2 Å². The van der Waals surface area contributed by atoms with Crippen LogP contribution in [0.2, 0.25) is 0 Å². The molecular formula is C18H29NO. The van der Waals surface area contributed by atoms with Crippen LogP contribution in [-0.2, 0) is 0 Å².